The van der Waals surface area contributed by atoms with E-state index >= 15 is 0 Å². The highest BCUT2D eigenvalue weighted by Gasteiger charge is 2.42. The standard InChI is InChI=1S/C12H20N2O5/c1-19-10-6-7(15)2-3-9(10)14-5-4-8(11(14)16)13-12(17)18/h7-10,13,15H,2-6H2,1H3,(H,17,18)/t7-,8+,9-,10-/m1/s1. The van der Waals surface area contributed by atoms with Crippen LogP contribution in [0.2, 0.25) is 0 Å². The summed E-state index contributed by atoms with van der Waals surface area (Å²) in [4.78, 5) is 24.5. The fraction of sp³-hybridized carbons (Fsp3) is 0.833. The minimum atomic E-state index is -1.18. The maximum absolute atomic E-state index is 12.2. The molecule has 1 saturated carbocycles. The van der Waals surface area contributed by atoms with Crippen molar-refractivity contribution < 1.29 is 24.5 Å². The van der Waals surface area contributed by atoms with Gasteiger partial charge in [0.25, 0.3) is 0 Å². The number of aliphatic hydroxyl groups is 1. The molecular formula is C12H20N2O5. The fourth-order valence-corrected chi connectivity index (χ4v) is 3.02. The van der Waals surface area contributed by atoms with Gasteiger partial charge in [-0.2, -0.15) is 0 Å². The highest BCUT2D eigenvalue weighted by atomic mass is 16.5. The summed E-state index contributed by atoms with van der Waals surface area (Å²) >= 11 is 0. The molecule has 0 unspecified atom stereocenters. The maximum atomic E-state index is 12.2. The van der Waals surface area contributed by atoms with Crippen molar-refractivity contribution in [2.75, 3.05) is 13.7 Å². The van der Waals surface area contributed by atoms with E-state index in [-0.39, 0.29) is 24.2 Å². The Morgan fingerprint density at radius 3 is 2.79 bits per heavy atom. The molecule has 2 rings (SSSR count). The van der Waals surface area contributed by atoms with Gasteiger partial charge in [-0.05, 0) is 19.3 Å². The van der Waals surface area contributed by atoms with Crippen molar-refractivity contribution in [3.8, 4) is 0 Å². The number of hydrogen-bond acceptors (Lipinski definition) is 4. The Kier molecular flexibility index (Phi) is 4.26. The quantitative estimate of drug-likeness (QED) is 0.660. The molecule has 2 aliphatic rings. The SMILES string of the molecule is CO[C@@H]1C[C@H](O)CC[C@H]1N1CC[C@H](NC(=O)O)C1=O. The first kappa shape index (κ1) is 14.1. The van der Waals surface area contributed by atoms with Crippen molar-refractivity contribution in [3.63, 3.8) is 0 Å². The van der Waals surface area contributed by atoms with Gasteiger partial charge in [0.15, 0.2) is 0 Å². The second-order valence-electron chi connectivity index (χ2n) is 5.13. The van der Waals surface area contributed by atoms with Gasteiger partial charge in [0.1, 0.15) is 6.04 Å². The number of aliphatic hydroxyl groups excluding tert-OH is 1. The number of carbonyl (C=O) groups is 2. The molecule has 1 saturated heterocycles. The third-order valence-corrected chi connectivity index (χ3v) is 3.97. The number of nitrogens with one attached hydrogen (secondary N) is 1. The molecule has 1 heterocycles. The number of likely N-dealkylation sites (tertiary alicyclic amines) is 1. The molecule has 108 valence electrons. The minimum absolute atomic E-state index is 0.0681. The molecule has 2 amide bonds. The Bertz CT molecular complexity index is 362. The molecule has 7 heteroatoms. The van der Waals surface area contributed by atoms with Gasteiger partial charge in [-0.15, -0.1) is 0 Å². The predicted molar refractivity (Wildman–Crippen MR) is 65.7 cm³/mol. The van der Waals surface area contributed by atoms with E-state index in [4.69, 9.17) is 9.84 Å². The van der Waals surface area contributed by atoms with E-state index in [1.807, 2.05) is 0 Å². The Hall–Kier alpha value is -1.34. The monoisotopic (exact) mass is 272 g/mol. The van der Waals surface area contributed by atoms with Gasteiger partial charge in [0.2, 0.25) is 5.91 Å². The predicted octanol–water partition coefficient (Wildman–Crippen LogP) is -0.217. The number of hydrogen-bond donors (Lipinski definition) is 3. The summed E-state index contributed by atoms with van der Waals surface area (Å²) in [5, 5.41) is 20.6. The molecule has 0 aromatic heterocycles. The van der Waals surface area contributed by atoms with Gasteiger partial charge < -0.3 is 25.2 Å². The zero-order valence-electron chi connectivity index (χ0n) is 10.9. The number of carboxylic acid groups (broad SMARTS) is 1. The second-order valence-corrected chi connectivity index (χ2v) is 5.13. The van der Waals surface area contributed by atoms with E-state index in [1.54, 1.807) is 12.0 Å². The summed E-state index contributed by atoms with van der Waals surface area (Å²) in [6.07, 6.45) is 0.588. The molecular weight excluding hydrogens is 252 g/mol. The third-order valence-electron chi connectivity index (χ3n) is 3.97. The van der Waals surface area contributed by atoms with Crippen molar-refractivity contribution in [2.45, 2.75) is 50.0 Å². The Balaban J connectivity index is 2.01. The summed E-state index contributed by atoms with van der Waals surface area (Å²) < 4.78 is 5.36. The molecule has 4 atom stereocenters. The van der Waals surface area contributed by atoms with Crippen LogP contribution in [0.15, 0.2) is 0 Å². The van der Waals surface area contributed by atoms with Crippen LogP contribution in [0.3, 0.4) is 0 Å². The van der Waals surface area contributed by atoms with Crippen LogP contribution in [0.4, 0.5) is 4.79 Å². The molecule has 0 spiro atoms. The molecule has 0 aromatic carbocycles. The summed E-state index contributed by atoms with van der Waals surface area (Å²) in [5.41, 5.74) is 0. The van der Waals surface area contributed by atoms with Crippen molar-refractivity contribution in [2.24, 2.45) is 0 Å². The zero-order chi connectivity index (χ0) is 14.0. The lowest BCUT2D eigenvalue weighted by Gasteiger charge is -2.38. The highest BCUT2D eigenvalue weighted by molar-refractivity contribution is 5.87. The highest BCUT2D eigenvalue weighted by Crippen LogP contribution is 2.28. The summed E-state index contributed by atoms with van der Waals surface area (Å²) in [6, 6.07) is -0.719. The topological polar surface area (TPSA) is 99.1 Å². The van der Waals surface area contributed by atoms with Crippen LogP contribution in [0.5, 0.6) is 0 Å². The van der Waals surface area contributed by atoms with Crippen LogP contribution in [0, 0.1) is 0 Å². The average molecular weight is 272 g/mol. The number of methoxy groups -OCH3 is 1. The normalized spacial score (nSPS) is 35.5. The number of ether oxygens (including phenoxy) is 1. The summed E-state index contributed by atoms with van der Waals surface area (Å²) in [6.45, 7) is 0.532. The van der Waals surface area contributed by atoms with E-state index in [9.17, 15) is 14.7 Å². The van der Waals surface area contributed by atoms with E-state index < -0.39 is 12.1 Å². The minimum Gasteiger partial charge on any atom is -0.465 e. The van der Waals surface area contributed by atoms with Gasteiger partial charge in [0, 0.05) is 20.1 Å². The number of nitrogens with zero attached hydrogens (tertiary/aromatic N) is 1. The Morgan fingerprint density at radius 1 is 1.42 bits per heavy atom. The number of amides is 2. The summed E-state index contributed by atoms with van der Waals surface area (Å²) in [5.74, 6) is -0.189. The van der Waals surface area contributed by atoms with Crippen LogP contribution in [0.25, 0.3) is 0 Å². The maximum Gasteiger partial charge on any atom is 0.405 e. The Morgan fingerprint density at radius 2 is 2.16 bits per heavy atom. The smallest absolute Gasteiger partial charge is 0.405 e. The molecule has 0 radical (unpaired) electrons. The fourth-order valence-electron chi connectivity index (χ4n) is 3.02. The van der Waals surface area contributed by atoms with E-state index in [0.29, 0.717) is 32.2 Å². The van der Waals surface area contributed by atoms with Gasteiger partial charge in [-0.1, -0.05) is 0 Å². The van der Waals surface area contributed by atoms with Crippen molar-refractivity contribution >= 4 is 12.0 Å². The molecule has 19 heavy (non-hydrogen) atoms. The molecule has 0 aromatic rings. The molecule has 1 aliphatic carbocycles. The molecule has 1 aliphatic heterocycles. The first-order valence-electron chi connectivity index (χ1n) is 6.53. The van der Waals surface area contributed by atoms with E-state index in [2.05, 4.69) is 5.32 Å². The largest absolute Gasteiger partial charge is 0.465 e. The van der Waals surface area contributed by atoms with Gasteiger partial charge in [-0.3, -0.25) is 4.79 Å². The van der Waals surface area contributed by atoms with Gasteiger partial charge in [0.05, 0.1) is 18.2 Å². The molecule has 0 bridgehead atoms. The first-order valence-corrected chi connectivity index (χ1v) is 6.53. The van der Waals surface area contributed by atoms with Crippen molar-refractivity contribution in [1.29, 1.82) is 0 Å². The van der Waals surface area contributed by atoms with Crippen LogP contribution in [0.1, 0.15) is 25.7 Å². The van der Waals surface area contributed by atoms with Crippen molar-refractivity contribution in [1.82, 2.24) is 10.2 Å². The number of carbonyl (C=O) groups excluding carboxylic acids is 1. The van der Waals surface area contributed by atoms with E-state index in [0.717, 1.165) is 0 Å². The second kappa shape index (κ2) is 5.75. The average Bonchev–Trinajstić information content (AvgIpc) is 2.70. The van der Waals surface area contributed by atoms with Crippen molar-refractivity contribution in [3.05, 3.63) is 0 Å². The molecule has 3 N–H and O–H groups in total. The van der Waals surface area contributed by atoms with Gasteiger partial charge in [-0.25, -0.2) is 4.79 Å². The third kappa shape index (κ3) is 2.98. The molecule has 2 fully saturated rings. The van der Waals surface area contributed by atoms with Crippen LogP contribution in [-0.2, 0) is 9.53 Å². The lowest BCUT2D eigenvalue weighted by Crippen LogP contribution is -2.51. The van der Waals surface area contributed by atoms with Gasteiger partial charge >= 0.3 is 6.09 Å². The lowest BCUT2D eigenvalue weighted by atomic mass is 9.89. The van der Waals surface area contributed by atoms with Crippen LogP contribution < -0.4 is 5.32 Å². The van der Waals surface area contributed by atoms with Crippen LogP contribution >= 0.6 is 0 Å². The Labute approximate surface area is 111 Å². The van der Waals surface area contributed by atoms with Crippen LogP contribution in [-0.4, -0.2) is 65.1 Å². The van der Waals surface area contributed by atoms with E-state index in [1.165, 1.54) is 0 Å². The summed E-state index contributed by atoms with van der Waals surface area (Å²) in [7, 11) is 1.57. The zero-order valence-corrected chi connectivity index (χ0v) is 10.9. The lowest BCUT2D eigenvalue weighted by molar-refractivity contribution is -0.136. The molecule has 7 nitrogen and oxygen atoms in total. The first-order chi connectivity index (χ1) is 9.02. The number of rotatable bonds is 3.